The number of carbonyl (C=O) groups is 1. The van der Waals surface area contributed by atoms with E-state index < -0.39 is 28.0 Å². The molecule has 1 saturated heterocycles. The molecule has 1 unspecified atom stereocenters. The molecule has 1 aliphatic rings. The largest absolute Gasteiger partial charge is 0.443 e. The number of ether oxygens (including phenoxy) is 1. The number of aryl methyl sites for hydroxylation is 1. The lowest BCUT2D eigenvalue weighted by Crippen LogP contribution is -2.35. The molecule has 0 saturated carbocycles. The lowest BCUT2D eigenvalue weighted by atomic mass is 10.2. The number of hydrogen-bond acceptors (Lipinski definition) is 4. The Kier molecular flexibility index (Phi) is 5.24. The molecular formula is C18H19FN2O4S. The van der Waals surface area contributed by atoms with E-state index in [1.54, 1.807) is 24.3 Å². The predicted molar refractivity (Wildman–Crippen MR) is 95.8 cm³/mol. The van der Waals surface area contributed by atoms with Gasteiger partial charge in [0.05, 0.1) is 18.0 Å². The van der Waals surface area contributed by atoms with Gasteiger partial charge in [0.15, 0.2) is 0 Å². The van der Waals surface area contributed by atoms with Crippen LogP contribution in [0.1, 0.15) is 11.1 Å². The van der Waals surface area contributed by atoms with Crippen molar-refractivity contribution >= 4 is 21.8 Å². The summed E-state index contributed by atoms with van der Waals surface area (Å²) in [7, 11) is -3.56. The molecule has 0 aromatic heterocycles. The van der Waals surface area contributed by atoms with Gasteiger partial charge in [0.1, 0.15) is 11.9 Å². The zero-order chi connectivity index (χ0) is 18.7. The molecule has 0 radical (unpaired) electrons. The highest BCUT2D eigenvalue weighted by Crippen LogP contribution is 2.22. The Morgan fingerprint density at radius 2 is 2.00 bits per heavy atom. The number of hydrogen-bond donors (Lipinski definition) is 1. The third kappa shape index (κ3) is 4.59. The van der Waals surface area contributed by atoms with Gasteiger partial charge in [-0.3, -0.25) is 4.90 Å². The van der Waals surface area contributed by atoms with Crippen LogP contribution in [-0.4, -0.2) is 33.7 Å². The Morgan fingerprint density at radius 1 is 1.23 bits per heavy atom. The average molecular weight is 378 g/mol. The second-order valence-electron chi connectivity index (χ2n) is 6.19. The van der Waals surface area contributed by atoms with E-state index in [2.05, 4.69) is 4.72 Å². The minimum atomic E-state index is -3.56. The van der Waals surface area contributed by atoms with Crippen LogP contribution in [0.3, 0.4) is 0 Å². The maximum atomic E-state index is 13.3. The fourth-order valence-electron chi connectivity index (χ4n) is 2.77. The number of sulfonamides is 1. The Bertz CT molecular complexity index is 917. The van der Waals surface area contributed by atoms with Crippen LogP contribution in [0.4, 0.5) is 14.9 Å². The van der Waals surface area contributed by atoms with Crippen LogP contribution in [0.2, 0.25) is 0 Å². The Labute approximate surface area is 151 Å². The topological polar surface area (TPSA) is 75.7 Å². The number of cyclic esters (lactones) is 1. The maximum Gasteiger partial charge on any atom is 0.414 e. The molecule has 2 aromatic carbocycles. The van der Waals surface area contributed by atoms with Crippen molar-refractivity contribution in [2.45, 2.75) is 18.8 Å². The summed E-state index contributed by atoms with van der Waals surface area (Å²) in [5, 5.41) is 0. The molecule has 1 fully saturated rings. The van der Waals surface area contributed by atoms with Crippen molar-refractivity contribution in [2.75, 3.05) is 18.0 Å². The van der Waals surface area contributed by atoms with Crippen LogP contribution in [0.5, 0.6) is 0 Å². The van der Waals surface area contributed by atoms with E-state index >= 15 is 0 Å². The number of benzene rings is 2. The molecule has 0 aliphatic carbocycles. The van der Waals surface area contributed by atoms with Gasteiger partial charge >= 0.3 is 6.09 Å². The van der Waals surface area contributed by atoms with Crippen molar-refractivity contribution in [3.63, 3.8) is 0 Å². The summed E-state index contributed by atoms with van der Waals surface area (Å²) >= 11 is 0. The first-order valence-corrected chi connectivity index (χ1v) is 9.74. The van der Waals surface area contributed by atoms with Gasteiger partial charge < -0.3 is 4.74 Å². The van der Waals surface area contributed by atoms with Crippen molar-refractivity contribution in [3.8, 4) is 0 Å². The molecule has 26 heavy (non-hydrogen) atoms. The van der Waals surface area contributed by atoms with Crippen LogP contribution in [0.15, 0.2) is 48.5 Å². The van der Waals surface area contributed by atoms with Gasteiger partial charge in [0.25, 0.3) is 0 Å². The zero-order valence-electron chi connectivity index (χ0n) is 14.2. The van der Waals surface area contributed by atoms with E-state index in [1.165, 1.54) is 23.1 Å². The highest BCUT2D eigenvalue weighted by molar-refractivity contribution is 7.88. The normalized spacial score (nSPS) is 17.4. The monoisotopic (exact) mass is 378 g/mol. The quantitative estimate of drug-likeness (QED) is 0.838. The van der Waals surface area contributed by atoms with Gasteiger partial charge in [-0.15, -0.1) is 0 Å². The van der Waals surface area contributed by atoms with Gasteiger partial charge in [-0.05, 0) is 30.7 Å². The summed E-state index contributed by atoms with van der Waals surface area (Å²) in [6, 6.07) is 12.8. The Morgan fingerprint density at radius 3 is 2.73 bits per heavy atom. The SMILES string of the molecule is Cc1cccc(CS(=O)(=O)NCC2CN(c3cccc(F)c3)C(=O)O2)c1. The van der Waals surface area contributed by atoms with E-state index in [-0.39, 0.29) is 18.8 Å². The van der Waals surface area contributed by atoms with E-state index in [4.69, 9.17) is 4.74 Å². The molecule has 3 rings (SSSR count). The smallest absolute Gasteiger partial charge is 0.414 e. The first kappa shape index (κ1) is 18.3. The summed E-state index contributed by atoms with van der Waals surface area (Å²) in [6.45, 7) is 2.00. The number of anilines is 1. The number of rotatable bonds is 6. The van der Waals surface area contributed by atoms with Gasteiger partial charge in [-0.1, -0.05) is 35.9 Å². The van der Waals surface area contributed by atoms with Crippen molar-refractivity contribution in [1.29, 1.82) is 0 Å². The van der Waals surface area contributed by atoms with Gasteiger partial charge in [0, 0.05) is 6.54 Å². The first-order chi connectivity index (χ1) is 12.3. The maximum absolute atomic E-state index is 13.3. The molecular weight excluding hydrogens is 359 g/mol. The summed E-state index contributed by atoms with van der Waals surface area (Å²) in [5.41, 5.74) is 2.04. The van der Waals surface area contributed by atoms with Gasteiger partial charge in [0.2, 0.25) is 10.0 Å². The lowest BCUT2D eigenvalue weighted by Gasteiger charge is -2.13. The third-order valence-electron chi connectivity index (χ3n) is 3.96. The van der Waals surface area contributed by atoms with Crippen LogP contribution in [-0.2, 0) is 20.5 Å². The number of nitrogens with zero attached hydrogens (tertiary/aromatic N) is 1. The van der Waals surface area contributed by atoms with Gasteiger partial charge in [-0.2, -0.15) is 0 Å². The van der Waals surface area contributed by atoms with Crippen LogP contribution >= 0.6 is 0 Å². The Hall–Kier alpha value is -2.45. The molecule has 2 aromatic rings. The molecule has 0 bridgehead atoms. The number of carbonyl (C=O) groups excluding carboxylic acids is 1. The standard InChI is InChI=1S/C18H19FN2O4S/c1-13-4-2-5-14(8-13)12-26(23,24)20-10-17-11-21(18(22)25-17)16-7-3-6-15(19)9-16/h2-9,17,20H,10-12H2,1H3. The van der Waals surface area contributed by atoms with Crippen LogP contribution in [0.25, 0.3) is 0 Å². The Balaban J connectivity index is 1.59. The molecule has 1 atom stereocenters. The fourth-order valence-corrected chi connectivity index (χ4v) is 3.94. The third-order valence-corrected chi connectivity index (χ3v) is 5.28. The van der Waals surface area contributed by atoms with Crippen molar-refractivity contribution in [1.82, 2.24) is 4.72 Å². The van der Waals surface area contributed by atoms with E-state index in [9.17, 15) is 17.6 Å². The molecule has 8 heteroatoms. The second-order valence-corrected chi connectivity index (χ2v) is 8.00. The molecule has 138 valence electrons. The van der Waals surface area contributed by atoms with Crippen molar-refractivity contribution in [2.24, 2.45) is 0 Å². The average Bonchev–Trinajstić information content (AvgIpc) is 2.94. The van der Waals surface area contributed by atoms with Crippen molar-refractivity contribution < 1.29 is 22.3 Å². The first-order valence-electron chi connectivity index (χ1n) is 8.09. The van der Waals surface area contributed by atoms with Crippen molar-refractivity contribution in [3.05, 3.63) is 65.5 Å². The molecule has 0 spiro atoms. The van der Waals surface area contributed by atoms with E-state index in [0.29, 0.717) is 11.3 Å². The molecule has 6 nitrogen and oxygen atoms in total. The predicted octanol–water partition coefficient (Wildman–Crippen LogP) is 2.58. The zero-order valence-corrected chi connectivity index (χ0v) is 15.0. The van der Waals surface area contributed by atoms with Crippen LogP contribution < -0.4 is 9.62 Å². The molecule has 1 heterocycles. The molecule has 1 aliphatic heterocycles. The number of nitrogens with one attached hydrogen (secondary N) is 1. The number of amides is 1. The minimum absolute atomic E-state index is 0.0360. The highest BCUT2D eigenvalue weighted by Gasteiger charge is 2.33. The van der Waals surface area contributed by atoms with E-state index in [1.807, 2.05) is 13.0 Å². The number of halogens is 1. The fraction of sp³-hybridized carbons (Fsp3) is 0.278. The lowest BCUT2D eigenvalue weighted by molar-refractivity contribution is 0.143. The van der Waals surface area contributed by atoms with E-state index in [0.717, 1.165) is 5.56 Å². The summed E-state index contributed by atoms with van der Waals surface area (Å²) in [6.07, 6.45) is -1.27. The van der Waals surface area contributed by atoms with Crippen LogP contribution in [0, 0.1) is 12.7 Å². The summed E-state index contributed by atoms with van der Waals surface area (Å²) in [5.74, 6) is -0.610. The van der Waals surface area contributed by atoms with Gasteiger partial charge in [-0.25, -0.2) is 22.3 Å². The summed E-state index contributed by atoms with van der Waals surface area (Å²) < 4.78 is 45.4. The highest BCUT2D eigenvalue weighted by atomic mass is 32.2. The molecule has 1 N–H and O–H groups in total. The second kappa shape index (κ2) is 7.43. The molecule has 1 amide bonds. The minimum Gasteiger partial charge on any atom is -0.443 e. The summed E-state index contributed by atoms with van der Waals surface area (Å²) in [4.78, 5) is 13.2.